The molecule has 0 fully saturated rings. The first kappa shape index (κ1) is 16.5. The first-order valence-corrected chi connectivity index (χ1v) is 7.72. The van der Waals surface area contributed by atoms with E-state index in [0.717, 1.165) is 0 Å². The first-order valence-electron chi connectivity index (χ1n) is 6.52. The Morgan fingerprint density at radius 2 is 1.95 bits per heavy atom. The first-order chi connectivity index (χ1) is 10.3. The smallest absolute Gasteiger partial charge is 0.414 e. The van der Waals surface area contributed by atoms with Crippen LogP contribution in [-0.4, -0.2) is 21.9 Å². The Bertz CT molecular complexity index is 638. The normalized spacial score (nSPS) is 11.1. The molecule has 0 aliphatic rings. The van der Waals surface area contributed by atoms with Gasteiger partial charge >= 0.3 is 6.09 Å². The second-order valence-electron chi connectivity index (χ2n) is 5.37. The van der Waals surface area contributed by atoms with Gasteiger partial charge in [0.15, 0.2) is 5.01 Å². The second kappa shape index (κ2) is 6.93. The summed E-state index contributed by atoms with van der Waals surface area (Å²) in [6.07, 6.45) is -0.561. The van der Waals surface area contributed by atoms with Crippen molar-refractivity contribution in [3.63, 3.8) is 0 Å². The number of hydrogen-bond acceptors (Lipinski definition) is 6. The van der Waals surface area contributed by atoms with Crippen molar-refractivity contribution < 1.29 is 14.3 Å². The van der Waals surface area contributed by atoms with Crippen molar-refractivity contribution in [3.05, 3.63) is 34.3 Å². The van der Waals surface area contributed by atoms with Gasteiger partial charge in [-0.1, -0.05) is 22.9 Å². The standard InChI is InChI=1S/C14H16ClN3O3S/c1-14(2,3)21-13(19)16-12-18-17-11(22-12)8-20-10-6-4-9(15)5-7-10/h4-7H,8H2,1-3H3,(H,16,18,19). The number of hydrogen-bond donors (Lipinski definition) is 1. The molecular weight excluding hydrogens is 326 g/mol. The summed E-state index contributed by atoms with van der Waals surface area (Å²) in [6, 6.07) is 7.02. The minimum absolute atomic E-state index is 0.259. The van der Waals surface area contributed by atoms with E-state index < -0.39 is 11.7 Å². The molecule has 0 atom stereocenters. The van der Waals surface area contributed by atoms with E-state index in [1.54, 1.807) is 45.0 Å². The maximum absolute atomic E-state index is 11.6. The lowest BCUT2D eigenvalue weighted by atomic mass is 10.2. The van der Waals surface area contributed by atoms with E-state index in [9.17, 15) is 4.79 Å². The van der Waals surface area contributed by atoms with Gasteiger partial charge in [0.2, 0.25) is 5.13 Å². The number of amides is 1. The van der Waals surface area contributed by atoms with E-state index in [1.165, 1.54) is 11.3 Å². The largest absolute Gasteiger partial charge is 0.486 e. The van der Waals surface area contributed by atoms with Crippen molar-refractivity contribution in [2.24, 2.45) is 0 Å². The third kappa shape index (κ3) is 5.50. The van der Waals surface area contributed by atoms with Crippen molar-refractivity contribution in [2.45, 2.75) is 33.0 Å². The van der Waals surface area contributed by atoms with Crippen LogP contribution < -0.4 is 10.1 Å². The Labute approximate surface area is 137 Å². The van der Waals surface area contributed by atoms with Crippen LogP contribution in [0, 0.1) is 0 Å². The number of aromatic nitrogens is 2. The molecule has 0 spiro atoms. The van der Waals surface area contributed by atoms with Crippen LogP contribution in [0.3, 0.4) is 0 Å². The molecule has 0 aliphatic carbocycles. The highest BCUT2D eigenvalue weighted by Crippen LogP contribution is 2.20. The molecule has 118 valence electrons. The van der Waals surface area contributed by atoms with Gasteiger partial charge in [0.05, 0.1) is 0 Å². The highest BCUT2D eigenvalue weighted by Gasteiger charge is 2.17. The molecule has 0 unspecified atom stereocenters. The molecule has 1 N–H and O–H groups in total. The third-order valence-corrected chi connectivity index (χ3v) is 3.31. The zero-order valence-electron chi connectivity index (χ0n) is 12.4. The molecule has 0 aliphatic heterocycles. The lowest BCUT2D eigenvalue weighted by molar-refractivity contribution is 0.0636. The summed E-state index contributed by atoms with van der Waals surface area (Å²) in [5, 5.41) is 12.0. The Morgan fingerprint density at radius 3 is 2.59 bits per heavy atom. The van der Waals surface area contributed by atoms with Crippen molar-refractivity contribution >= 4 is 34.2 Å². The van der Waals surface area contributed by atoms with Crippen LogP contribution >= 0.6 is 22.9 Å². The van der Waals surface area contributed by atoms with Crippen LogP contribution in [0.25, 0.3) is 0 Å². The molecule has 1 aromatic heterocycles. The highest BCUT2D eigenvalue weighted by molar-refractivity contribution is 7.15. The van der Waals surface area contributed by atoms with Crippen molar-refractivity contribution in [1.29, 1.82) is 0 Å². The summed E-state index contributed by atoms with van der Waals surface area (Å²) >= 11 is 7.02. The van der Waals surface area contributed by atoms with Crippen molar-refractivity contribution in [2.75, 3.05) is 5.32 Å². The van der Waals surface area contributed by atoms with Crippen LogP contribution in [0.4, 0.5) is 9.93 Å². The molecule has 0 saturated carbocycles. The average molecular weight is 342 g/mol. The molecule has 2 aromatic rings. The van der Waals surface area contributed by atoms with Gasteiger partial charge in [-0.25, -0.2) is 4.79 Å². The molecular formula is C14H16ClN3O3S. The number of nitrogens with zero attached hydrogens (tertiary/aromatic N) is 2. The molecule has 0 bridgehead atoms. The number of anilines is 1. The van der Waals surface area contributed by atoms with E-state index >= 15 is 0 Å². The van der Waals surface area contributed by atoms with E-state index in [-0.39, 0.29) is 6.61 Å². The summed E-state index contributed by atoms with van der Waals surface area (Å²) in [7, 11) is 0. The molecule has 6 nitrogen and oxygen atoms in total. The number of rotatable bonds is 4. The number of carbonyl (C=O) groups excluding carboxylic acids is 1. The lowest BCUT2D eigenvalue weighted by Crippen LogP contribution is -2.27. The zero-order valence-corrected chi connectivity index (χ0v) is 14.0. The maximum Gasteiger partial charge on any atom is 0.414 e. The third-order valence-electron chi connectivity index (χ3n) is 2.25. The van der Waals surface area contributed by atoms with E-state index in [0.29, 0.717) is 20.9 Å². The fraction of sp³-hybridized carbons (Fsp3) is 0.357. The summed E-state index contributed by atoms with van der Waals surface area (Å²) in [5.41, 5.74) is -0.560. The molecule has 8 heteroatoms. The minimum atomic E-state index is -0.561. The maximum atomic E-state index is 11.6. The van der Waals surface area contributed by atoms with E-state index in [4.69, 9.17) is 21.1 Å². The number of ether oxygens (including phenoxy) is 2. The van der Waals surface area contributed by atoms with Crippen molar-refractivity contribution in [1.82, 2.24) is 10.2 Å². The fourth-order valence-corrected chi connectivity index (χ4v) is 2.19. The fourth-order valence-electron chi connectivity index (χ4n) is 1.43. The van der Waals surface area contributed by atoms with Gasteiger partial charge in [0, 0.05) is 5.02 Å². The van der Waals surface area contributed by atoms with E-state index in [1.807, 2.05) is 0 Å². The Kier molecular flexibility index (Phi) is 5.20. The molecule has 0 radical (unpaired) electrons. The summed E-state index contributed by atoms with van der Waals surface area (Å²) in [5.74, 6) is 0.682. The Hall–Kier alpha value is -1.86. The highest BCUT2D eigenvalue weighted by atomic mass is 35.5. The molecule has 2 rings (SSSR count). The van der Waals surface area contributed by atoms with Crippen LogP contribution in [0.2, 0.25) is 5.02 Å². The zero-order chi connectivity index (χ0) is 16.2. The van der Waals surface area contributed by atoms with Crippen LogP contribution in [0.15, 0.2) is 24.3 Å². The van der Waals surface area contributed by atoms with Crippen LogP contribution in [-0.2, 0) is 11.3 Å². The number of benzene rings is 1. The number of halogens is 1. The van der Waals surface area contributed by atoms with Crippen LogP contribution in [0.5, 0.6) is 5.75 Å². The van der Waals surface area contributed by atoms with Crippen molar-refractivity contribution in [3.8, 4) is 5.75 Å². The molecule has 1 amide bonds. The topological polar surface area (TPSA) is 73.3 Å². The van der Waals surface area contributed by atoms with Gasteiger partial charge in [0.25, 0.3) is 0 Å². The minimum Gasteiger partial charge on any atom is -0.486 e. The quantitative estimate of drug-likeness (QED) is 0.905. The number of carbonyl (C=O) groups is 1. The van der Waals surface area contributed by atoms with Gasteiger partial charge in [-0.2, -0.15) is 0 Å². The summed E-state index contributed by atoms with van der Waals surface area (Å²) in [6.45, 7) is 5.63. The van der Waals surface area contributed by atoms with Gasteiger partial charge < -0.3 is 9.47 Å². The van der Waals surface area contributed by atoms with Gasteiger partial charge in [-0.15, -0.1) is 10.2 Å². The number of nitrogens with one attached hydrogen (secondary N) is 1. The molecule has 22 heavy (non-hydrogen) atoms. The Morgan fingerprint density at radius 1 is 1.27 bits per heavy atom. The summed E-state index contributed by atoms with van der Waals surface area (Å²) < 4.78 is 10.7. The van der Waals surface area contributed by atoms with Gasteiger partial charge in [0.1, 0.15) is 18.0 Å². The Balaban J connectivity index is 1.86. The van der Waals surface area contributed by atoms with Crippen LogP contribution in [0.1, 0.15) is 25.8 Å². The predicted octanol–water partition coefficient (Wildman–Crippen LogP) is 4.12. The molecule has 1 aromatic carbocycles. The summed E-state index contributed by atoms with van der Waals surface area (Å²) in [4.78, 5) is 11.6. The lowest BCUT2D eigenvalue weighted by Gasteiger charge is -2.18. The van der Waals surface area contributed by atoms with Gasteiger partial charge in [-0.3, -0.25) is 5.32 Å². The molecule has 0 saturated heterocycles. The van der Waals surface area contributed by atoms with Gasteiger partial charge in [-0.05, 0) is 45.0 Å². The molecule has 1 heterocycles. The SMILES string of the molecule is CC(C)(C)OC(=O)Nc1nnc(COc2ccc(Cl)cc2)s1. The second-order valence-corrected chi connectivity index (χ2v) is 6.87. The average Bonchev–Trinajstić information content (AvgIpc) is 2.83. The monoisotopic (exact) mass is 341 g/mol. The predicted molar refractivity (Wildman–Crippen MR) is 85.5 cm³/mol. The van der Waals surface area contributed by atoms with E-state index in [2.05, 4.69) is 15.5 Å².